The third-order valence-corrected chi connectivity index (χ3v) is 5.05. The first-order valence-electron chi connectivity index (χ1n) is 9.04. The van der Waals surface area contributed by atoms with E-state index < -0.39 is 0 Å². The molecule has 3 aromatic rings. The molecule has 0 amide bonds. The fourth-order valence-corrected chi connectivity index (χ4v) is 3.15. The number of anilines is 1. The van der Waals surface area contributed by atoms with Crippen molar-refractivity contribution in [3.05, 3.63) is 42.6 Å². The summed E-state index contributed by atoms with van der Waals surface area (Å²) in [6.45, 7) is 5.24. The van der Waals surface area contributed by atoms with Gasteiger partial charge < -0.3 is 19.1 Å². The molecule has 1 atom stereocenters. The molecule has 1 unspecified atom stereocenters. The number of nitrogens with zero attached hydrogens (tertiary/aromatic N) is 5. The van der Waals surface area contributed by atoms with E-state index in [1.807, 2.05) is 36.4 Å². The van der Waals surface area contributed by atoms with E-state index in [9.17, 15) is 0 Å². The molecule has 1 aliphatic rings. The summed E-state index contributed by atoms with van der Waals surface area (Å²) < 4.78 is 10.6. The topological polar surface area (TPSA) is 67.5 Å². The average Bonchev–Trinajstić information content (AvgIpc) is 3.20. The molecule has 1 aliphatic heterocycles. The summed E-state index contributed by atoms with van der Waals surface area (Å²) in [7, 11) is 3.80. The predicted molar refractivity (Wildman–Crippen MR) is 104 cm³/mol. The van der Waals surface area contributed by atoms with Gasteiger partial charge in [-0.2, -0.15) is 4.98 Å². The van der Waals surface area contributed by atoms with E-state index in [1.54, 1.807) is 13.3 Å². The van der Waals surface area contributed by atoms with Crippen molar-refractivity contribution in [2.24, 2.45) is 0 Å². The summed E-state index contributed by atoms with van der Waals surface area (Å²) in [5.41, 5.74) is 1.69. The van der Waals surface area contributed by atoms with Crippen LogP contribution in [-0.4, -0.2) is 59.9 Å². The highest BCUT2D eigenvalue weighted by molar-refractivity contribution is 5.61. The number of aromatic nitrogens is 3. The largest absolute Gasteiger partial charge is 0.497 e. The Kier molecular flexibility index (Phi) is 4.77. The highest BCUT2D eigenvalue weighted by atomic mass is 16.5. The van der Waals surface area contributed by atoms with E-state index in [0.29, 0.717) is 17.8 Å². The number of rotatable bonds is 4. The van der Waals surface area contributed by atoms with Gasteiger partial charge in [0.2, 0.25) is 5.82 Å². The molecule has 2 aromatic heterocycles. The molecule has 27 heavy (non-hydrogen) atoms. The summed E-state index contributed by atoms with van der Waals surface area (Å²) in [6, 6.07) is 12.1. The highest BCUT2D eigenvalue weighted by Gasteiger charge is 2.21. The molecule has 1 fully saturated rings. The molecule has 0 N–H and O–H groups in total. The van der Waals surface area contributed by atoms with Gasteiger partial charge in [0.25, 0.3) is 5.89 Å². The molecule has 7 nitrogen and oxygen atoms in total. The van der Waals surface area contributed by atoms with E-state index >= 15 is 0 Å². The Labute approximate surface area is 158 Å². The number of pyridine rings is 1. The monoisotopic (exact) mass is 365 g/mol. The van der Waals surface area contributed by atoms with Crippen LogP contribution in [0, 0.1) is 0 Å². The summed E-state index contributed by atoms with van der Waals surface area (Å²) in [5, 5.41) is 4.08. The summed E-state index contributed by atoms with van der Waals surface area (Å²) in [4.78, 5) is 13.8. The first kappa shape index (κ1) is 17.5. The molecule has 1 saturated heterocycles. The lowest BCUT2D eigenvalue weighted by Crippen LogP contribution is -2.50. The van der Waals surface area contributed by atoms with Gasteiger partial charge in [-0.1, -0.05) is 5.16 Å². The molecule has 4 rings (SSSR count). The number of methoxy groups -OCH3 is 1. The highest BCUT2D eigenvalue weighted by Crippen LogP contribution is 2.25. The van der Waals surface area contributed by atoms with Gasteiger partial charge in [-0.15, -0.1) is 0 Å². The van der Waals surface area contributed by atoms with E-state index in [0.717, 1.165) is 42.3 Å². The van der Waals surface area contributed by atoms with Gasteiger partial charge in [-0.05, 0) is 50.4 Å². The van der Waals surface area contributed by atoms with E-state index in [2.05, 4.69) is 38.9 Å². The Morgan fingerprint density at radius 3 is 2.52 bits per heavy atom. The predicted octanol–water partition coefficient (Wildman–Crippen LogP) is 2.95. The smallest absolute Gasteiger partial charge is 0.259 e. The van der Waals surface area contributed by atoms with Gasteiger partial charge in [0, 0.05) is 37.4 Å². The van der Waals surface area contributed by atoms with Crippen molar-refractivity contribution in [3.63, 3.8) is 0 Å². The third kappa shape index (κ3) is 3.64. The van der Waals surface area contributed by atoms with Crippen LogP contribution in [0.25, 0.3) is 22.8 Å². The average molecular weight is 365 g/mol. The van der Waals surface area contributed by atoms with Crippen molar-refractivity contribution in [1.29, 1.82) is 0 Å². The Hall–Kier alpha value is -2.93. The lowest BCUT2D eigenvalue weighted by molar-refractivity contribution is 0.233. The second-order valence-electron chi connectivity index (χ2n) is 6.83. The number of hydrogen-bond acceptors (Lipinski definition) is 7. The normalized spacial score (nSPS) is 17.9. The minimum atomic E-state index is 0.464. The molecule has 140 valence electrons. The summed E-state index contributed by atoms with van der Waals surface area (Å²) >= 11 is 0. The molecular weight excluding hydrogens is 342 g/mol. The molecule has 0 spiro atoms. The van der Waals surface area contributed by atoms with Crippen molar-refractivity contribution >= 4 is 5.82 Å². The molecule has 0 aliphatic carbocycles. The lowest BCUT2D eigenvalue weighted by atomic mass is 10.2. The number of likely N-dealkylation sites (N-methyl/N-ethyl adjacent to an activating group) is 1. The fourth-order valence-electron chi connectivity index (χ4n) is 3.15. The first-order valence-corrected chi connectivity index (χ1v) is 9.04. The Morgan fingerprint density at radius 1 is 1.07 bits per heavy atom. The second kappa shape index (κ2) is 7.36. The quantitative estimate of drug-likeness (QED) is 0.704. The van der Waals surface area contributed by atoms with Gasteiger partial charge in [0.1, 0.15) is 11.6 Å². The fraction of sp³-hybridized carbons (Fsp3) is 0.350. The van der Waals surface area contributed by atoms with E-state index in [1.165, 1.54) is 0 Å². The maximum Gasteiger partial charge on any atom is 0.259 e. The van der Waals surface area contributed by atoms with Gasteiger partial charge >= 0.3 is 0 Å². The van der Waals surface area contributed by atoms with Gasteiger partial charge in [0.15, 0.2) is 0 Å². The standard InChI is InChI=1S/C20H23N5O2/c1-14-13-25(11-10-24(14)2)18-9-6-16(12-21-18)20-22-19(23-27-20)15-4-7-17(26-3)8-5-15/h4-9,12,14H,10-11,13H2,1-3H3. The van der Waals surface area contributed by atoms with Crippen LogP contribution in [0.15, 0.2) is 47.1 Å². The first-order chi connectivity index (χ1) is 13.1. The van der Waals surface area contributed by atoms with Crippen LogP contribution in [0.1, 0.15) is 6.92 Å². The van der Waals surface area contributed by atoms with Crippen LogP contribution in [0.3, 0.4) is 0 Å². The van der Waals surface area contributed by atoms with Crippen molar-refractivity contribution < 1.29 is 9.26 Å². The van der Waals surface area contributed by atoms with E-state index in [-0.39, 0.29) is 0 Å². The van der Waals surface area contributed by atoms with Crippen LogP contribution in [-0.2, 0) is 0 Å². The van der Waals surface area contributed by atoms with Crippen LogP contribution >= 0.6 is 0 Å². The summed E-state index contributed by atoms with van der Waals surface area (Å²) in [6.07, 6.45) is 1.80. The SMILES string of the molecule is COc1ccc(-c2noc(-c3ccc(N4CCN(C)C(C)C4)nc3)n2)cc1. The van der Waals surface area contributed by atoms with Gasteiger partial charge in [-0.3, -0.25) is 0 Å². The van der Waals surface area contributed by atoms with Crippen LogP contribution < -0.4 is 9.64 Å². The molecule has 3 heterocycles. The molecule has 0 bridgehead atoms. The van der Waals surface area contributed by atoms with Crippen LogP contribution in [0.5, 0.6) is 5.75 Å². The zero-order valence-electron chi connectivity index (χ0n) is 15.8. The lowest BCUT2D eigenvalue weighted by Gasteiger charge is -2.38. The zero-order valence-corrected chi connectivity index (χ0v) is 15.8. The minimum absolute atomic E-state index is 0.464. The maximum atomic E-state index is 5.43. The second-order valence-corrected chi connectivity index (χ2v) is 6.83. The van der Waals surface area contributed by atoms with E-state index in [4.69, 9.17) is 9.26 Å². The van der Waals surface area contributed by atoms with Crippen LogP contribution in [0.2, 0.25) is 0 Å². The molecule has 1 aromatic carbocycles. The number of benzene rings is 1. The van der Waals surface area contributed by atoms with Crippen molar-refractivity contribution in [1.82, 2.24) is 20.0 Å². The van der Waals surface area contributed by atoms with Gasteiger partial charge in [0.05, 0.1) is 12.7 Å². The van der Waals surface area contributed by atoms with Crippen LogP contribution in [0.4, 0.5) is 5.82 Å². The number of hydrogen-bond donors (Lipinski definition) is 0. The number of piperazine rings is 1. The minimum Gasteiger partial charge on any atom is -0.497 e. The Balaban J connectivity index is 1.50. The van der Waals surface area contributed by atoms with Crippen molar-refractivity contribution in [2.45, 2.75) is 13.0 Å². The zero-order chi connectivity index (χ0) is 18.8. The Morgan fingerprint density at radius 2 is 1.85 bits per heavy atom. The summed E-state index contributed by atoms with van der Waals surface area (Å²) in [5.74, 6) is 2.78. The van der Waals surface area contributed by atoms with Gasteiger partial charge in [-0.25, -0.2) is 4.98 Å². The van der Waals surface area contributed by atoms with Crippen molar-refractivity contribution in [2.75, 3.05) is 38.7 Å². The molecule has 7 heteroatoms. The van der Waals surface area contributed by atoms with Crippen molar-refractivity contribution in [3.8, 4) is 28.6 Å². The molecule has 0 saturated carbocycles. The Bertz CT molecular complexity index is 891. The molecular formula is C20H23N5O2. The third-order valence-electron chi connectivity index (χ3n) is 5.05. The molecule has 0 radical (unpaired) electrons. The number of ether oxygens (including phenoxy) is 1. The maximum absolute atomic E-state index is 5.43.